The Morgan fingerprint density at radius 2 is 2.00 bits per heavy atom. The van der Waals surface area contributed by atoms with E-state index in [1.807, 2.05) is 20.9 Å². The van der Waals surface area contributed by atoms with Crippen LogP contribution in [0.2, 0.25) is 0 Å². The third-order valence-electron chi connectivity index (χ3n) is 2.84. The van der Waals surface area contributed by atoms with E-state index in [1.54, 1.807) is 4.68 Å². The molecule has 0 atom stereocenters. The molecule has 1 aromatic rings. The van der Waals surface area contributed by atoms with Crippen molar-refractivity contribution in [3.05, 3.63) is 11.4 Å². The molecule has 0 aromatic carbocycles. The number of hydrogen-bond acceptors (Lipinski definition) is 4. The van der Waals surface area contributed by atoms with Crippen LogP contribution in [0.4, 0.5) is 0 Å². The molecule has 6 nitrogen and oxygen atoms in total. The van der Waals surface area contributed by atoms with E-state index >= 15 is 0 Å². The van der Waals surface area contributed by atoms with Crippen LogP contribution < -0.4 is 15.4 Å². The van der Waals surface area contributed by atoms with Crippen molar-refractivity contribution in [3.8, 4) is 5.75 Å². The minimum absolute atomic E-state index is 0. The second-order valence-electron chi connectivity index (χ2n) is 4.51. The highest BCUT2D eigenvalue weighted by Gasteiger charge is 2.12. The fourth-order valence-corrected chi connectivity index (χ4v) is 1.74. The van der Waals surface area contributed by atoms with Crippen molar-refractivity contribution in [2.45, 2.75) is 27.2 Å². The summed E-state index contributed by atoms with van der Waals surface area (Å²) in [6, 6.07) is 0. The van der Waals surface area contributed by atoms with Gasteiger partial charge in [0.2, 0.25) is 0 Å². The Kier molecular flexibility index (Phi) is 9.00. The van der Waals surface area contributed by atoms with Crippen LogP contribution in [0, 0.1) is 13.8 Å². The van der Waals surface area contributed by atoms with Gasteiger partial charge in [-0.1, -0.05) is 6.92 Å². The van der Waals surface area contributed by atoms with E-state index in [0.717, 1.165) is 30.9 Å². The van der Waals surface area contributed by atoms with Crippen LogP contribution in [-0.4, -0.2) is 41.9 Å². The maximum absolute atomic E-state index is 11.6. The standard InChI is InChI=1S/C13H24N4O2.ClH/c1-5-6-14-7-8-15-12(18)9-19-13-10(2)16-17(4)11(13)3;/h14H,5-9H2,1-4H3,(H,15,18);1H. The number of aryl methyl sites for hydroxylation is 2. The maximum Gasteiger partial charge on any atom is 0.257 e. The molecule has 0 aliphatic rings. The van der Waals surface area contributed by atoms with Crippen molar-refractivity contribution < 1.29 is 9.53 Å². The van der Waals surface area contributed by atoms with Gasteiger partial charge >= 0.3 is 0 Å². The topological polar surface area (TPSA) is 68.2 Å². The summed E-state index contributed by atoms with van der Waals surface area (Å²) in [4.78, 5) is 11.6. The molecule has 20 heavy (non-hydrogen) atoms. The molecule has 0 spiro atoms. The zero-order valence-electron chi connectivity index (χ0n) is 12.7. The summed E-state index contributed by atoms with van der Waals surface area (Å²) in [6.07, 6.45) is 1.09. The monoisotopic (exact) mass is 304 g/mol. The smallest absolute Gasteiger partial charge is 0.257 e. The van der Waals surface area contributed by atoms with Crippen LogP contribution in [0.1, 0.15) is 24.7 Å². The number of amides is 1. The van der Waals surface area contributed by atoms with Gasteiger partial charge in [0, 0.05) is 20.1 Å². The number of nitrogens with one attached hydrogen (secondary N) is 2. The number of carbonyl (C=O) groups excluding carboxylic acids is 1. The maximum atomic E-state index is 11.6. The van der Waals surface area contributed by atoms with Crippen molar-refractivity contribution in [2.75, 3.05) is 26.2 Å². The van der Waals surface area contributed by atoms with Gasteiger partial charge in [0.1, 0.15) is 5.69 Å². The molecular formula is C13H25ClN4O2. The summed E-state index contributed by atoms with van der Waals surface area (Å²) in [6.45, 7) is 8.30. The second kappa shape index (κ2) is 9.61. The summed E-state index contributed by atoms with van der Waals surface area (Å²) in [5.74, 6) is 0.586. The first-order valence-corrected chi connectivity index (χ1v) is 6.66. The van der Waals surface area contributed by atoms with Crippen LogP contribution >= 0.6 is 12.4 Å². The predicted molar refractivity (Wildman–Crippen MR) is 81.6 cm³/mol. The molecular weight excluding hydrogens is 280 g/mol. The van der Waals surface area contributed by atoms with Gasteiger partial charge in [-0.15, -0.1) is 12.4 Å². The van der Waals surface area contributed by atoms with E-state index < -0.39 is 0 Å². The Balaban J connectivity index is 0.00000361. The molecule has 1 amide bonds. The lowest BCUT2D eigenvalue weighted by atomic mass is 10.3. The molecule has 2 N–H and O–H groups in total. The van der Waals surface area contributed by atoms with E-state index in [9.17, 15) is 4.79 Å². The van der Waals surface area contributed by atoms with E-state index in [1.165, 1.54) is 0 Å². The van der Waals surface area contributed by atoms with E-state index in [-0.39, 0.29) is 24.9 Å². The fraction of sp³-hybridized carbons (Fsp3) is 0.692. The fourth-order valence-electron chi connectivity index (χ4n) is 1.74. The normalized spacial score (nSPS) is 10.0. The molecule has 0 unspecified atom stereocenters. The van der Waals surface area contributed by atoms with Gasteiger partial charge < -0.3 is 15.4 Å². The van der Waals surface area contributed by atoms with Gasteiger partial charge in [0.15, 0.2) is 12.4 Å². The average molecular weight is 305 g/mol. The van der Waals surface area contributed by atoms with Crippen molar-refractivity contribution in [1.82, 2.24) is 20.4 Å². The van der Waals surface area contributed by atoms with Crippen LogP contribution in [0.3, 0.4) is 0 Å². The van der Waals surface area contributed by atoms with Crippen molar-refractivity contribution in [1.29, 1.82) is 0 Å². The summed E-state index contributed by atoms with van der Waals surface area (Å²) < 4.78 is 7.26. The van der Waals surface area contributed by atoms with Crippen molar-refractivity contribution in [3.63, 3.8) is 0 Å². The van der Waals surface area contributed by atoms with Crippen LogP contribution in [0.15, 0.2) is 0 Å². The summed E-state index contributed by atoms with van der Waals surface area (Å²) in [5.41, 5.74) is 1.73. The Morgan fingerprint density at radius 1 is 1.30 bits per heavy atom. The lowest BCUT2D eigenvalue weighted by molar-refractivity contribution is -0.123. The van der Waals surface area contributed by atoms with Gasteiger partial charge in [-0.05, 0) is 26.8 Å². The number of nitrogens with zero attached hydrogens (tertiary/aromatic N) is 2. The Labute approximate surface area is 126 Å². The molecule has 0 saturated carbocycles. The number of rotatable bonds is 8. The average Bonchev–Trinajstić information content (AvgIpc) is 2.61. The number of halogens is 1. The lowest BCUT2D eigenvalue weighted by Crippen LogP contribution is -2.35. The molecule has 1 aromatic heterocycles. The largest absolute Gasteiger partial charge is 0.480 e. The molecule has 0 saturated heterocycles. The van der Waals surface area contributed by atoms with Gasteiger partial charge in [-0.3, -0.25) is 9.48 Å². The number of carbonyl (C=O) groups is 1. The Hall–Kier alpha value is -1.27. The van der Waals surface area contributed by atoms with Gasteiger partial charge in [0.25, 0.3) is 5.91 Å². The van der Waals surface area contributed by atoms with Crippen LogP contribution in [0.25, 0.3) is 0 Å². The molecule has 116 valence electrons. The minimum Gasteiger partial charge on any atom is -0.480 e. The van der Waals surface area contributed by atoms with Gasteiger partial charge in [0.05, 0.1) is 5.69 Å². The predicted octanol–water partition coefficient (Wildman–Crippen LogP) is 0.953. The molecule has 0 aliphatic heterocycles. The van der Waals surface area contributed by atoms with E-state index in [2.05, 4.69) is 22.7 Å². The molecule has 0 fully saturated rings. The zero-order valence-corrected chi connectivity index (χ0v) is 13.5. The highest BCUT2D eigenvalue weighted by molar-refractivity contribution is 5.85. The molecule has 0 radical (unpaired) electrons. The van der Waals surface area contributed by atoms with E-state index in [4.69, 9.17) is 4.74 Å². The number of aromatic nitrogens is 2. The number of ether oxygens (including phenoxy) is 1. The minimum atomic E-state index is -0.110. The molecule has 7 heteroatoms. The second-order valence-corrected chi connectivity index (χ2v) is 4.51. The summed E-state index contributed by atoms with van der Waals surface area (Å²) in [5, 5.41) is 10.3. The molecule has 0 aliphatic carbocycles. The molecule has 1 rings (SSSR count). The molecule has 1 heterocycles. The third kappa shape index (κ3) is 5.79. The number of hydrogen-bond donors (Lipinski definition) is 2. The van der Waals surface area contributed by atoms with Crippen LogP contribution in [0.5, 0.6) is 5.75 Å². The molecule has 0 bridgehead atoms. The highest BCUT2D eigenvalue weighted by atomic mass is 35.5. The Bertz CT molecular complexity index is 421. The van der Waals surface area contributed by atoms with E-state index in [0.29, 0.717) is 12.3 Å². The summed E-state index contributed by atoms with van der Waals surface area (Å²) in [7, 11) is 1.86. The lowest BCUT2D eigenvalue weighted by Gasteiger charge is -2.08. The first-order valence-electron chi connectivity index (χ1n) is 6.66. The highest BCUT2D eigenvalue weighted by Crippen LogP contribution is 2.20. The third-order valence-corrected chi connectivity index (χ3v) is 2.84. The first-order chi connectivity index (χ1) is 9.06. The van der Waals surface area contributed by atoms with Gasteiger partial charge in [-0.25, -0.2) is 0 Å². The van der Waals surface area contributed by atoms with Gasteiger partial charge in [-0.2, -0.15) is 5.10 Å². The van der Waals surface area contributed by atoms with Crippen molar-refractivity contribution >= 4 is 18.3 Å². The van der Waals surface area contributed by atoms with Crippen LogP contribution in [-0.2, 0) is 11.8 Å². The zero-order chi connectivity index (χ0) is 14.3. The quantitative estimate of drug-likeness (QED) is 0.702. The SMILES string of the molecule is CCCNCCNC(=O)COc1c(C)nn(C)c1C.Cl. The Morgan fingerprint density at radius 3 is 2.55 bits per heavy atom. The first kappa shape index (κ1) is 18.7. The van der Waals surface area contributed by atoms with Crippen molar-refractivity contribution in [2.24, 2.45) is 7.05 Å². The summed E-state index contributed by atoms with van der Waals surface area (Å²) >= 11 is 0.